The number of hydrogen-bond acceptors (Lipinski definition) is 2. The van der Waals surface area contributed by atoms with Crippen molar-refractivity contribution in [1.82, 2.24) is 14.5 Å². The second-order valence-electron chi connectivity index (χ2n) is 4.87. The fourth-order valence-corrected chi connectivity index (χ4v) is 3.15. The number of alkyl halides is 1. The van der Waals surface area contributed by atoms with Gasteiger partial charge in [0.1, 0.15) is 11.3 Å². The second-order valence-corrected chi connectivity index (χ2v) is 7.30. The van der Waals surface area contributed by atoms with Crippen LogP contribution in [0.25, 0.3) is 16.9 Å². The van der Waals surface area contributed by atoms with Crippen molar-refractivity contribution in [3.63, 3.8) is 0 Å². The zero-order valence-corrected chi connectivity index (χ0v) is 15.4. The summed E-state index contributed by atoms with van der Waals surface area (Å²) in [7, 11) is 0. The number of aromatic nitrogens is 3. The fourth-order valence-electron chi connectivity index (χ4n) is 2.26. The number of fused-ring (bicyclic) bond motifs is 1. The second kappa shape index (κ2) is 5.71. The fraction of sp³-hybridized carbons (Fsp3) is 0.200. The van der Waals surface area contributed by atoms with E-state index in [4.69, 9.17) is 11.6 Å². The van der Waals surface area contributed by atoms with Crippen LogP contribution in [0.3, 0.4) is 0 Å². The van der Waals surface area contributed by atoms with Crippen molar-refractivity contribution in [1.29, 1.82) is 0 Å². The quantitative estimate of drug-likeness (QED) is 0.500. The Morgan fingerprint density at radius 1 is 1.24 bits per heavy atom. The summed E-state index contributed by atoms with van der Waals surface area (Å²) in [4.78, 5) is 9.14. The zero-order valence-electron chi connectivity index (χ0n) is 11.4. The van der Waals surface area contributed by atoms with Crippen LogP contribution >= 0.6 is 43.5 Å². The molecular formula is C15H12Br2ClN3. The van der Waals surface area contributed by atoms with Crippen LogP contribution in [0, 0.1) is 6.92 Å². The van der Waals surface area contributed by atoms with E-state index in [9.17, 15) is 0 Å². The molecule has 2 heterocycles. The molecule has 0 spiro atoms. The van der Waals surface area contributed by atoms with Crippen LogP contribution in [0.15, 0.2) is 39.4 Å². The monoisotopic (exact) mass is 427 g/mol. The van der Waals surface area contributed by atoms with E-state index in [0.717, 1.165) is 31.6 Å². The molecule has 0 saturated carbocycles. The standard InChI is InChI=1S/C15H12Br2ClN3/c1-8-3-4-11(17)13(5-8)21-14(9(2)18)20-12-6-10(16)7-19-15(12)21/h3-7,9H,1-2H3. The zero-order chi connectivity index (χ0) is 15.1. The van der Waals surface area contributed by atoms with Gasteiger partial charge in [-0.05, 0) is 69.5 Å². The van der Waals surface area contributed by atoms with Gasteiger partial charge in [-0.2, -0.15) is 0 Å². The minimum absolute atomic E-state index is 0.217. The van der Waals surface area contributed by atoms with Crippen molar-refractivity contribution in [3.8, 4) is 5.69 Å². The summed E-state index contributed by atoms with van der Waals surface area (Å²) in [5.74, 6) is 0.781. The highest BCUT2D eigenvalue weighted by molar-refractivity contribution is 9.10. The van der Waals surface area contributed by atoms with Gasteiger partial charge in [-0.1, -0.05) is 6.07 Å². The van der Waals surface area contributed by atoms with Gasteiger partial charge in [0.15, 0.2) is 5.65 Å². The van der Waals surface area contributed by atoms with E-state index in [1.807, 2.05) is 23.6 Å². The maximum absolute atomic E-state index is 6.32. The van der Waals surface area contributed by atoms with Crippen molar-refractivity contribution in [3.05, 3.63) is 50.8 Å². The molecule has 3 nitrogen and oxygen atoms in total. The van der Waals surface area contributed by atoms with Crippen LogP contribution in [-0.2, 0) is 0 Å². The van der Waals surface area contributed by atoms with Gasteiger partial charge in [-0.25, -0.2) is 9.97 Å². The van der Waals surface area contributed by atoms with Crippen LogP contribution in [-0.4, -0.2) is 14.5 Å². The minimum Gasteiger partial charge on any atom is -0.278 e. The summed E-state index contributed by atoms with van der Waals surface area (Å²) < 4.78 is 3.89. The summed E-state index contributed by atoms with van der Waals surface area (Å²) in [6.07, 6.45) is 1.77. The first-order valence-corrected chi connectivity index (χ1v) is 8.44. The molecule has 1 aromatic carbocycles. The van der Waals surface area contributed by atoms with E-state index in [2.05, 4.69) is 60.9 Å². The lowest BCUT2D eigenvalue weighted by Gasteiger charge is -2.12. The molecule has 1 atom stereocenters. The first kappa shape index (κ1) is 15.0. The number of hydrogen-bond donors (Lipinski definition) is 0. The smallest absolute Gasteiger partial charge is 0.164 e. The number of pyridine rings is 1. The predicted molar refractivity (Wildman–Crippen MR) is 93.3 cm³/mol. The number of halogens is 3. The summed E-state index contributed by atoms with van der Waals surface area (Å²) in [6, 6.07) is 8.13. The van der Waals surface area contributed by atoms with Gasteiger partial charge >= 0.3 is 0 Å². The normalized spacial score (nSPS) is 12.8. The summed E-state index contributed by atoms with van der Waals surface area (Å²) in [5, 5.41) is -0.217. The lowest BCUT2D eigenvalue weighted by atomic mass is 10.2. The molecule has 3 rings (SSSR count). The lowest BCUT2D eigenvalue weighted by Crippen LogP contribution is -2.04. The number of benzene rings is 1. The molecule has 0 radical (unpaired) electrons. The molecule has 1 unspecified atom stereocenters. The molecule has 0 aliphatic rings. The van der Waals surface area contributed by atoms with Gasteiger partial charge in [-0.3, -0.25) is 4.57 Å². The molecule has 0 fully saturated rings. The third-order valence-corrected chi connectivity index (χ3v) is 4.49. The van der Waals surface area contributed by atoms with Gasteiger partial charge < -0.3 is 0 Å². The predicted octanol–water partition coefficient (Wildman–Crippen LogP) is 5.55. The molecule has 0 saturated heterocycles. The van der Waals surface area contributed by atoms with E-state index in [-0.39, 0.29) is 5.38 Å². The van der Waals surface area contributed by atoms with E-state index in [1.165, 1.54) is 5.56 Å². The Bertz CT molecular complexity index is 827. The highest BCUT2D eigenvalue weighted by atomic mass is 79.9. The molecular weight excluding hydrogens is 417 g/mol. The Kier molecular flexibility index (Phi) is 4.08. The van der Waals surface area contributed by atoms with Gasteiger partial charge in [0, 0.05) is 15.1 Å². The average Bonchev–Trinajstić information content (AvgIpc) is 2.80. The van der Waals surface area contributed by atoms with Crippen molar-refractivity contribution < 1.29 is 0 Å². The Balaban J connectivity index is 2.39. The summed E-state index contributed by atoms with van der Waals surface area (Å²) in [5.41, 5.74) is 3.78. The van der Waals surface area contributed by atoms with E-state index >= 15 is 0 Å². The number of nitrogens with zero attached hydrogens (tertiary/aromatic N) is 3. The van der Waals surface area contributed by atoms with Gasteiger partial charge in [0.2, 0.25) is 0 Å². The van der Waals surface area contributed by atoms with E-state index in [0.29, 0.717) is 0 Å². The Labute approximate surface area is 144 Å². The maximum Gasteiger partial charge on any atom is 0.164 e. The SMILES string of the molecule is Cc1ccc(Br)c(-n2c(C(C)Cl)nc3cc(Br)cnc32)c1. The molecule has 0 amide bonds. The summed E-state index contributed by atoms with van der Waals surface area (Å²) >= 11 is 13.4. The Morgan fingerprint density at radius 2 is 2.00 bits per heavy atom. The van der Waals surface area contributed by atoms with Crippen molar-refractivity contribution >= 4 is 54.6 Å². The van der Waals surface area contributed by atoms with Gasteiger partial charge in [0.05, 0.1) is 11.1 Å². The molecule has 108 valence electrons. The topological polar surface area (TPSA) is 30.7 Å². The minimum atomic E-state index is -0.217. The van der Waals surface area contributed by atoms with Crippen molar-refractivity contribution in [2.24, 2.45) is 0 Å². The third-order valence-electron chi connectivity index (χ3n) is 3.19. The molecule has 0 N–H and O–H groups in total. The van der Waals surface area contributed by atoms with Gasteiger partial charge in [0.25, 0.3) is 0 Å². The van der Waals surface area contributed by atoms with Crippen LogP contribution in [0.2, 0.25) is 0 Å². The van der Waals surface area contributed by atoms with Crippen LogP contribution in [0.5, 0.6) is 0 Å². The van der Waals surface area contributed by atoms with Crippen LogP contribution in [0.1, 0.15) is 23.7 Å². The Morgan fingerprint density at radius 3 is 2.71 bits per heavy atom. The van der Waals surface area contributed by atoms with Gasteiger partial charge in [-0.15, -0.1) is 11.6 Å². The molecule has 0 aliphatic heterocycles. The average molecular weight is 430 g/mol. The third kappa shape index (κ3) is 2.74. The van der Waals surface area contributed by atoms with Crippen molar-refractivity contribution in [2.45, 2.75) is 19.2 Å². The number of imidazole rings is 1. The molecule has 6 heteroatoms. The molecule has 0 bridgehead atoms. The van der Waals surface area contributed by atoms with E-state index in [1.54, 1.807) is 6.20 Å². The molecule has 2 aromatic heterocycles. The Hall–Kier alpha value is -0.910. The largest absolute Gasteiger partial charge is 0.278 e. The first-order chi connectivity index (χ1) is 9.97. The first-order valence-electron chi connectivity index (χ1n) is 6.42. The number of rotatable bonds is 2. The molecule has 21 heavy (non-hydrogen) atoms. The van der Waals surface area contributed by atoms with Crippen molar-refractivity contribution in [2.75, 3.05) is 0 Å². The van der Waals surface area contributed by atoms with Crippen LogP contribution in [0.4, 0.5) is 0 Å². The highest BCUT2D eigenvalue weighted by Crippen LogP contribution is 2.32. The molecule has 0 aliphatic carbocycles. The molecule has 3 aromatic rings. The maximum atomic E-state index is 6.32. The van der Waals surface area contributed by atoms with E-state index < -0.39 is 0 Å². The number of aryl methyl sites for hydroxylation is 1. The highest BCUT2D eigenvalue weighted by Gasteiger charge is 2.19. The summed E-state index contributed by atoms with van der Waals surface area (Å²) in [6.45, 7) is 3.97. The lowest BCUT2D eigenvalue weighted by molar-refractivity contribution is 0.874. The van der Waals surface area contributed by atoms with Crippen LogP contribution < -0.4 is 0 Å².